The molecule has 1 saturated heterocycles. The van der Waals surface area contributed by atoms with Gasteiger partial charge in [0.2, 0.25) is 0 Å². The smallest absolute Gasteiger partial charge is 0.434 e. The van der Waals surface area contributed by atoms with E-state index in [0.29, 0.717) is 6.42 Å². The van der Waals surface area contributed by atoms with Crippen LogP contribution in [0.25, 0.3) is 0 Å². The lowest BCUT2D eigenvalue weighted by Gasteiger charge is -2.31. The van der Waals surface area contributed by atoms with Gasteiger partial charge in [-0.25, -0.2) is 9.59 Å². The van der Waals surface area contributed by atoms with E-state index in [1.54, 1.807) is 20.8 Å². The van der Waals surface area contributed by atoms with E-state index in [9.17, 15) is 41.0 Å². The van der Waals surface area contributed by atoms with E-state index in [-0.39, 0.29) is 13.0 Å². The highest BCUT2D eigenvalue weighted by Gasteiger charge is 2.60. The van der Waals surface area contributed by atoms with Crippen molar-refractivity contribution in [3.05, 3.63) is 12.2 Å². The fraction of sp³-hybridized carbons (Fsp3) is 0.750. The van der Waals surface area contributed by atoms with Crippen molar-refractivity contribution in [2.75, 3.05) is 6.54 Å². The average Bonchev–Trinajstić information content (AvgIpc) is 2.96. The number of likely N-dealkylation sites (tertiary alicyclic amines) is 1. The molecule has 1 aliphatic heterocycles. The van der Waals surface area contributed by atoms with Gasteiger partial charge in [0.05, 0.1) is 11.6 Å². The summed E-state index contributed by atoms with van der Waals surface area (Å²) in [6, 6.07) is -1.11. The number of hydrogen-bond donors (Lipinski definition) is 1. The topological polar surface area (TPSA) is 76.1 Å². The molecule has 0 unspecified atom stereocenters. The minimum Gasteiger partial charge on any atom is -0.444 e. The van der Waals surface area contributed by atoms with Crippen LogP contribution in [0.5, 0.6) is 0 Å². The van der Waals surface area contributed by atoms with E-state index >= 15 is 0 Å². The zero-order valence-corrected chi connectivity index (χ0v) is 15.4. The Hall–Kier alpha value is -1.98. The van der Waals surface area contributed by atoms with Gasteiger partial charge >= 0.3 is 24.4 Å². The molecule has 0 spiro atoms. The maximum Gasteiger partial charge on any atom is 0.434 e. The molecule has 0 aliphatic carbocycles. The number of aliphatic hydroxyl groups is 1. The lowest BCUT2D eigenvalue weighted by molar-refractivity contribution is -0.312. The number of nitrogens with zero attached hydrogens (tertiary/aromatic N) is 1. The Morgan fingerprint density at radius 2 is 1.61 bits per heavy atom. The third-order valence-corrected chi connectivity index (χ3v) is 3.73. The third kappa shape index (κ3) is 6.28. The molecule has 0 bridgehead atoms. The van der Waals surface area contributed by atoms with Gasteiger partial charge in [0, 0.05) is 6.54 Å². The van der Waals surface area contributed by atoms with Gasteiger partial charge in [-0.3, -0.25) is 0 Å². The molecular formula is C16H21F6NO5. The molecule has 1 amide bonds. The number of alkyl halides is 6. The molecule has 0 aromatic heterocycles. The lowest BCUT2D eigenvalue weighted by atomic mass is 10.0. The summed E-state index contributed by atoms with van der Waals surface area (Å²) in [6.45, 7) is 7.91. The molecule has 0 aromatic carbocycles. The first-order valence-corrected chi connectivity index (χ1v) is 8.16. The van der Waals surface area contributed by atoms with Crippen molar-refractivity contribution in [2.24, 2.45) is 0 Å². The van der Waals surface area contributed by atoms with Gasteiger partial charge < -0.3 is 19.5 Å². The highest BCUT2D eigenvalue weighted by molar-refractivity contribution is 5.89. The van der Waals surface area contributed by atoms with E-state index < -0.39 is 53.8 Å². The molecule has 12 heteroatoms. The van der Waals surface area contributed by atoms with Crippen LogP contribution in [-0.4, -0.2) is 64.8 Å². The monoisotopic (exact) mass is 421 g/mol. The van der Waals surface area contributed by atoms with Gasteiger partial charge in [-0.05, 0) is 33.6 Å². The molecule has 1 rings (SSSR count). The van der Waals surface area contributed by atoms with E-state index in [2.05, 4.69) is 11.3 Å². The van der Waals surface area contributed by atoms with Gasteiger partial charge in [0.1, 0.15) is 11.7 Å². The minimum atomic E-state index is -5.89. The van der Waals surface area contributed by atoms with Crippen molar-refractivity contribution in [1.29, 1.82) is 0 Å². The first-order chi connectivity index (χ1) is 12.4. The SMILES string of the molecule is C=C(C(=O)OC(C(F)(F)F)C(F)(F)F)[C@H](O)[C@@H]1CCCN1C(=O)OC(C)(C)C. The summed E-state index contributed by atoms with van der Waals surface area (Å²) in [5, 5.41) is 10.2. The number of ether oxygens (including phenoxy) is 2. The lowest BCUT2D eigenvalue weighted by Crippen LogP contribution is -2.48. The Bertz CT molecular complexity index is 596. The fourth-order valence-corrected chi connectivity index (χ4v) is 2.52. The second-order valence-electron chi connectivity index (χ2n) is 7.22. The summed E-state index contributed by atoms with van der Waals surface area (Å²) in [6.07, 6.45) is -18.4. The van der Waals surface area contributed by atoms with Gasteiger partial charge in [-0.1, -0.05) is 6.58 Å². The predicted molar refractivity (Wildman–Crippen MR) is 83.1 cm³/mol. The van der Waals surface area contributed by atoms with Crippen LogP contribution in [0.1, 0.15) is 33.6 Å². The van der Waals surface area contributed by atoms with Crippen molar-refractivity contribution in [3.8, 4) is 0 Å². The van der Waals surface area contributed by atoms with Gasteiger partial charge in [0.15, 0.2) is 0 Å². The van der Waals surface area contributed by atoms with Crippen LogP contribution >= 0.6 is 0 Å². The molecule has 28 heavy (non-hydrogen) atoms. The number of aliphatic hydroxyl groups excluding tert-OH is 1. The van der Waals surface area contributed by atoms with Crippen molar-refractivity contribution in [1.82, 2.24) is 4.90 Å². The molecule has 1 N–H and O–H groups in total. The van der Waals surface area contributed by atoms with E-state index in [1.807, 2.05) is 0 Å². The highest BCUT2D eigenvalue weighted by Crippen LogP contribution is 2.36. The normalized spacial score (nSPS) is 19.5. The van der Waals surface area contributed by atoms with Crippen molar-refractivity contribution in [2.45, 2.75) is 69.8 Å². The number of rotatable bonds is 4. The minimum absolute atomic E-state index is 0.118. The van der Waals surface area contributed by atoms with Crippen LogP contribution in [0.2, 0.25) is 0 Å². The molecule has 1 aliphatic rings. The van der Waals surface area contributed by atoms with Crippen LogP contribution < -0.4 is 0 Å². The standard InChI is InChI=1S/C16H21F6NO5/c1-8(11(25)27-12(15(17,18)19)16(20,21)22)10(24)9-6-5-7-23(9)13(26)28-14(2,3)4/h9-10,12,24H,1,5-7H2,2-4H3/t9-,10-/m0/s1. The Balaban J connectivity index is 2.90. The Labute approximate surface area is 157 Å². The maximum absolute atomic E-state index is 12.5. The first kappa shape index (κ1) is 24.1. The van der Waals surface area contributed by atoms with Crippen LogP contribution in [0.4, 0.5) is 31.1 Å². The molecule has 0 saturated carbocycles. The molecule has 2 atom stereocenters. The van der Waals surface area contributed by atoms with Crippen molar-refractivity contribution >= 4 is 12.1 Å². The highest BCUT2D eigenvalue weighted by atomic mass is 19.4. The number of carbonyl (C=O) groups is 2. The van der Waals surface area contributed by atoms with Crippen LogP contribution in [0, 0.1) is 0 Å². The summed E-state index contributed by atoms with van der Waals surface area (Å²) < 4.78 is 83.7. The Kier molecular flexibility index (Phi) is 7.02. The fourth-order valence-electron chi connectivity index (χ4n) is 2.52. The van der Waals surface area contributed by atoms with E-state index in [1.165, 1.54) is 0 Å². The van der Waals surface area contributed by atoms with Crippen molar-refractivity contribution < 1.29 is 50.5 Å². The number of halogens is 6. The summed E-state index contributed by atoms with van der Waals surface area (Å²) in [7, 11) is 0. The number of amides is 1. The zero-order valence-electron chi connectivity index (χ0n) is 15.4. The van der Waals surface area contributed by atoms with E-state index in [4.69, 9.17) is 4.74 Å². The number of esters is 1. The Morgan fingerprint density at radius 3 is 2.04 bits per heavy atom. The van der Waals surface area contributed by atoms with Crippen LogP contribution in [0.3, 0.4) is 0 Å². The molecular weight excluding hydrogens is 400 g/mol. The Morgan fingerprint density at radius 1 is 1.11 bits per heavy atom. The second kappa shape index (κ2) is 8.18. The quantitative estimate of drug-likeness (QED) is 0.428. The number of hydrogen-bond acceptors (Lipinski definition) is 5. The largest absolute Gasteiger partial charge is 0.444 e. The van der Waals surface area contributed by atoms with Crippen LogP contribution in [-0.2, 0) is 14.3 Å². The predicted octanol–water partition coefficient (Wildman–Crippen LogP) is 3.34. The zero-order chi connectivity index (χ0) is 22.1. The maximum atomic E-state index is 12.5. The van der Waals surface area contributed by atoms with Gasteiger partial charge in [0.25, 0.3) is 6.10 Å². The van der Waals surface area contributed by atoms with E-state index in [0.717, 1.165) is 4.90 Å². The summed E-state index contributed by atoms with van der Waals surface area (Å²) in [4.78, 5) is 24.9. The molecule has 1 fully saturated rings. The van der Waals surface area contributed by atoms with Crippen molar-refractivity contribution in [3.63, 3.8) is 0 Å². The molecule has 1 heterocycles. The molecule has 6 nitrogen and oxygen atoms in total. The second-order valence-corrected chi connectivity index (χ2v) is 7.22. The average molecular weight is 421 g/mol. The summed E-state index contributed by atoms with van der Waals surface area (Å²) >= 11 is 0. The van der Waals surface area contributed by atoms with Gasteiger partial charge in [-0.2, -0.15) is 26.3 Å². The summed E-state index contributed by atoms with van der Waals surface area (Å²) in [5.41, 5.74) is -1.91. The molecule has 0 radical (unpaired) electrons. The first-order valence-electron chi connectivity index (χ1n) is 8.16. The number of carbonyl (C=O) groups excluding carboxylic acids is 2. The molecule has 0 aromatic rings. The van der Waals surface area contributed by atoms with Gasteiger partial charge in [-0.15, -0.1) is 0 Å². The molecule has 162 valence electrons. The summed E-state index contributed by atoms with van der Waals surface area (Å²) in [5.74, 6) is -2.07. The van der Waals surface area contributed by atoms with Crippen LogP contribution in [0.15, 0.2) is 12.2 Å². The third-order valence-electron chi connectivity index (χ3n) is 3.73.